The van der Waals surface area contributed by atoms with Crippen molar-refractivity contribution in [3.63, 3.8) is 0 Å². The first-order valence-electron chi connectivity index (χ1n) is 5.54. The molecule has 0 N–H and O–H groups in total. The Kier molecular flexibility index (Phi) is 4.35. The lowest BCUT2D eigenvalue weighted by Crippen LogP contribution is -2.50. The number of rotatable bonds is 3. The summed E-state index contributed by atoms with van der Waals surface area (Å²) in [4.78, 5) is 2.40. The van der Waals surface area contributed by atoms with Crippen molar-refractivity contribution in [3.05, 3.63) is 0 Å². The number of morpholine rings is 1. The highest BCUT2D eigenvalue weighted by molar-refractivity contribution is 4.74. The van der Waals surface area contributed by atoms with Gasteiger partial charge in [-0.25, -0.2) is 0 Å². The van der Waals surface area contributed by atoms with Crippen LogP contribution in [0.1, 0.15) is 34.6 Å². The fourth-order valence-corrected chi connectivity index (χ4v) is 1.74. The summed E-state index contributed by atoms with van der Waals surface area (Å²) >= 11 is 0. The Hall–Kier alpha value is -0.120. The molecule has 3 heteroatoms. The van der Waals surface area contributed by atoms with E-state index in [0.29, 0.717) is 6.04 Å². The first-order valence-corrected chi connectivity index (χ1v) is 5.54. The molecule has 1 aliphatic heterocycles. The van der Waals surface area contributed by atoms with Gasteiger partial charge in [-0.1, -0.05) is 0 Å². The average Bonchev–Trinajstić information content (AvgIpc) is 2.01. The minimum atomic E-state index is -0.0545. The Morgan fingerprint density at radius 1 is 1.21 bits per heavy atom. The number of hydrogen-bond acceptors (Lipinski definition) is 3. The minimum Gasteiger partial charge on any atom is -0.349 e. The monoisotopic (exact) mass is 201 g/mol. The van der Waals surface area contributed by atoms with Crippen molar-refractivity contribution in [2.75, 3.05) is 13.1 Å². The van der Waals surface area contributed by atoms with E-state index in [1.165, 1.54) is 0 Å². The van der Waals surface area contributed by atoms with Gasteiger partial charge in [-0.15, -0.1) is 0 Å². The van der Waals surface area contributed by atoms with Gasteiger partial charge in [0.2, 0.25) is 0 Å². The molecule has 0 radical (unpaired) electrons. The van der Waals surface area contributed by atoms with E-state index in [0.717, 1.165) is 13.1 Å². The minimum absolute atomic E-state index is 0.0545. The highest BCUT2D eigenvalue weighted by atomic mass is 16.7. The van der Waals surface area contributed by atoms with Crippen LogP contribution in [0.15, 0.2) is 0 Å². The zero-order valence-electron chi connectivity index (χ0n) is 9.99. The molecule has 0 aliphatic carbocycles. The van der Waals surface area contributed by atoms with Crippen LogP contribution in [0.2, 0.25) is 0 Å². The zero-order chi connectivity index (χ0) is 10.7. The van der Waals surface area contributed by atoms with Crippen LogP contribution in [-0.4, -0.2) is 42.5 Å². The summed E-state index contributed by atoms with van der Waals surface area (Å²) in [5.74, 6) is 0. The van der Waals surface area contributed by atoms with Crippen molar-refractivity contribution in [1.82, 2.24) is 4.90 Å². The van der Waals surface area contributed by atoms with Gasteiger partial charge in [0.25, 0.3) is 0 Å². The van der Waals surface area contributed by atoms with Crippen molar-refractivity contribution in [2.45, 2.75) is 59.2 Å². The molecule has 1 aliphatic rings. The molecule has 1 rings (SSSR count). The fourth-order valence-electron chi connectivity index (χ4n) is 1.74. The molecule has 0 spiro atoms. The molecule has 2 unspecified atom stereocenters. The summed E-state index contributed by atoms with van der Waals surface area (Å²) < 4.78 is 11.4. The van der Waals surface area contributed by atoms with Crippen LogP contribution in [0.5, 0.6) is 0 Å². The van der Waals surface area contributed by atoms with E-state index in [9.17, 15) is 0 Å². The number of nitrogens with zero attached hydrogens (tertiary/aromatic N) is 1. The Morgan fingerprint density at radius 2 is 1.86 bits per heavy atom. The summed E-state index contributed by atoms with van der Waals surface area (Å²) in [7, 11) is 0. The van der Waals surface area contributed by atoms with Crippen LogP contribution in [0, 0.1) is 0 Å². The Bertz CT molecular complexity index is 169. The summed E-state index contributed by atoms with van der Waals surface area (Å²) in [6.45, 7) is 12.5. The van der Waals surface area contributed by atoms with Gasteiger partial charge in [-0.3, -0.25) is 4.90 Å². The summed E-state index contributed by atoms with van der Waals surface area (Å²) in [5, 5.41) is 0. The van der Waals surface area contributed by atoms with Gasteiger partial charge >= 0.3 is 0 Å². The van der Waals surface area contributed by atoms with E-state index in [1.807, 2.05) is 13.8 Å². The predicted molar refractivity (Wildman–Crippen MR) is 57.3 cm³/mol. The third kappa shape index (κ3) is 3.56. The van der Waals surface area contributed by atoms with Gasteiger partial charge in [-0.2, -0.15) is 0 Å². The van der Waals surface area contributed by atoms with Gasteiger partial charge in [-0.05, 0) is 34.6 Å². The first kappa shape index (κ1) is 12.0. The third-order valence-corrected chi connectivity index (χ3v) is 2.41. The van der Waals surface area contributed by atoms with Crippen molar-refractivity contribution in [2.24, 2.45) is 0 Å². The zero-order valence-corrected chi connectivity index (χ0v) is 9.99. The first-order chi connectivity index (χ1) is 6.49. The van der Waals surface area contributed by atoms with Crippen LogP contribution in [-0.2, 0) is 9.47 Å². The van der Waals surface area contributed by atoms with Gasteiger partial charge in [0.15, 0.2) is 6.29 Å². The molecule has 0 amide bonds. The quantitative estimate of drug-likeness (QED) is 0.695. The van der Waals surface area contributed by atoms with Crippen LogP contribution in [0.25, 0.3) is 0 Å². The molecule has 2 atom stereocenters. The van der Waals surface area contributed by atoms with Gasteiger partial charge in [0, 0.05) is 19.1 Å². The van der Waals surface area contributed by atoms with Crippen molar-refractivity contribution in [1.29, 1.82) is 0 Å². The molecule has 0 aromatic heterocycles. The van der Waals surface area contributed by atoms with Crippen LogP contribution in [0.3, 0.4) is 0 Å². The molecule has 0 saturated carbocycles. The Balaban J connectivity index is 2.45. The van der Waals surface area contributed by atoms with Crippen LogP contribution < -0.4 is 0 Å². The summed E-state index contributed by atoms with van der Waals surface area (Å²) in [5.41, 5.74) is 0. The fraction of sp³-hybridized carbons (Fsp3) is 1.00. The SMILES string of the molecule is CC(C)OC1CN(C(C)C)CC(C)O1. The molecule has 0 bridgehead atoms. The molecule has 84 valence electrons. The predicted octanol–water partition coefficient (Wildman–Crippen LogP) is 1.87. The molecule has 1 saturated heterocycles. The van der Waals surface area contributed by atoms with E-state index >= 15 is 0 Å². The van der Waals surface area contributed by atoms with E-state index in [4.69, 9.17) is 9.47 Å². The lowest BCUT2D eigenvalue weighted by Gasteiger charge is -2.39. The van der Waals surface area contributed by atoms with Gasteiger partial charge < -0.3 is 9.47 Å². The highest BCUT2D eigenvalue weighted by Crippen LogP contribution is 2.15. The van der Waals surface area contributed by atoms with E-state index in [1.54, 1.807) is 0 Å². The Labute approximate surface area is 87.4 Å². The smallest absolute Gasteiger partial charge is 0.170 e. The van der Waals surface area contributed by atoms with Crippen molar-refractivity contribution in [3.8, 4) is 0 Å². The molecule has 1 heterocycles. The second-order valence-corrected chi connectivity index (χ2v) is 4.61. The molecule has 14 heavy (non-hydrogen) atoms. The standard InChI is InChI=1S/C11H23NO2/c1-8(2)12-6-10(5)14-11(7-12)13-9(3)4/h8-11H,6-7H2,1-5H3. The number of ether oxygens (including phenoxy) is 2. The van der Waals surface area contributed by atoms with Gasteiger partial charge in [0.1, 0.15) is 0 Å². The normalized spacial score (nSPS) is 30.2. The molecule has 1 fully saturated rings. The maximum absolute atomic E-state index is 5.71. The topological polar surface area (TPSA) is 21.7 Å². The highest BCUT2D eigenvalue weighted by Gasteiger charge is 2.27. The second kappa shape index (κ2) is 5.10. The molecular weight excluding hydrogens is 178 g/mol. The van der Waals surface area contributed by atoms with Crippen molar-refractivity contribution < 1.29 is 9.47 Å². The van der Waals surface area contributed by atoms with E-state index in [-0.39, 0.29) is 18.5 Å². The average molecular weight is 201 g/mol. The summed E-state index contributed by atoms with van der Waals surface area (Å²) in [6, 6.07) is 0.569. The lowest BCUT2D eigenvalue weighted by atomic mass is 10.2. The molecule has 0 aromatic rings. The molecular formula is C11H23NO2. The van der Waals surface area contributed by atoms with Crippen LogP contribution >= 0.6 is 0 Å². The Morgan fingerprint density at radius 3 is 2.36 bits per heavy atom. The summed E-state index contributed by atoms with van der Waals surface area (Å²) in [6.07, 6.45) is 0.454. The second-order valence-electron chi connectivity index (χ2n) is 4.61. The van der Waals surface area contributed by atoms with Crippen molar-refractivity contribution >= 4 is 0 Å². The maximum Gasteiger partial charge on any atom is 0.170 e. The third-order valence-electron chi connectivity index (χ3n) is 2.41. The lowest BCUT2D eigenvalue weighted by molar-refractivity contribution is -0.223. The molecule has 0 aromatic carbocycles. The maximum atomic E-state index is 5.71. The molecule has 3 nitrogen and oxygen atoms in total. The van der Waals surface area contributed by atoms with E-state index < -0.39 is 0 Å². The van der Waals surface area contributed by atoms with Gasteiger partial charge in [0.05, 0.1) is 12.2 Å². The largest absolute Gasteiger partial charge is 0.349 e. The van der Waals surface area contributed by atoms with Crippen LogP contribution in [0.4, 0.5) is 0 Å². The number of hydrogen-bond donors (Lipinski definition) is 0. The van der Waals surface area contributed by atoms with E-state index in [2.05, 4.69) is 25.7 Å².